The molecule has 0 atom stereocenters. The predicted octanol–water partition coefficient (Wildman–Crippen LogP) is 1.89. The number of hydrogen-bond acceptors (Lipinski definition) is 4. The molecule has 0 bridgehead atoms. The largest absolute Gasteiger partial charge is 0.350 e. The average molecular weight is 361 g/mol. The summed E-state index contributed by atoms with van der Waals surface area (Å²) in [6.45, 7) is -0.0646. The van der Waals surface area contributed by atoms with E-state index >= 15 is 0 Å². The third-order valence-electron chi connectivity index (χ3n) is 3.38. The highest BCUT2D eigenvalue weighted by Gasteiger charge is 2.18. The third kappa shape index (κ3) is 4.78. The monoisotopic (exact) mass is 361 g/mol. The smallest absolute Gasteiger partial charge is 0.254 e. The molecule has 1 amide bonds. The normalized spacial score (nSPS) is 10.8. The van der Waals surface area contributed by atoms with Gasteiger partial charge in [0.05, 0.1) is 35.7 Å². The first-order valence-electron chi connectivity index (χ1n) is 7.33. The van der Waals surface area contributed by atoms with Gasteiger partial charge in [-0.05, 0) is 30.3 Å². The van der Waals surface area contributed by atoms with Gasteiger partial charge in [0.25, 0.3) is 5.91 Å². The second kappa shape index (κ2) is 7.77. The molecule has 0 aliphatic rings. The minimum absolute atomic E-state index is 0.0168. The molecule has 130 valence electrons. The Morgan fingerprint density at radius 3 is 2.60 bits per heavy atom. The SMILES string of the molecule is CS(=O)(=O)N(CCNC(=O)c1ccccc1F)c1cccc(C#N)c1. The lowest BCUT2D eigenvalue weighted by atomic mass is 10.2. The molecule has 8 heteroatoms. The Labute approximate surface area is 145 Å². The molecule has 0 heterocycles. The summed E-state index contributed by atoms with van der Waals surface area (Å²) in [4.78, 5) is 12.0. The van der Waals surface area contributed by atoms with E-state index in [0.717, 1.165) is 10.6 Å². The van der Waals surface area contributed by atoms with Crippen LogP contribution < -0.4 is 9.62 Å². The molecule has 0 saturated carbocycles. The number of benzene rings is 2. The number of amides is 1. The third-order valence-corrected chi connectivity index (χ3v) is 4.58. The van der Waals surface area contributed by atoms with Crippen molar-refractivity contribution in [2.45, 2.75) is 0 Å². The summed E-state index contributed by atoms with van der Waals surface area (Å²) >= 11 is 0. The van der Waals surface area contributed by atoms with Crippen molar-refractivity contribution in [3.8, 4) is 6.07 Å². The van der Waals surface area contributed by atoms with Gasteiger partial charge in [0, 0.05) is 6.54 Å². The lowest BCUT2D eigenvalue weighted by Crippen LogP contribution is -2.38. The van der Waals surface area contributed by atoms with E-state index in [1.165, 1.54) is 30.3 Å². The van der Waals surface area contributed by atoms with Gasteiger partial charge in [-0.1, -0.05) is 18.2 Å². The molecular weight excluding hydrogens is 345 g/mol. The fraction of sp³-hybridized carbons (Fsp3) is 0.176. The summed E-state index contributed by atoms with van der Waals surface area (Å²) in [5.41, 5.74) is 0.531. The first-order chi connectivity index (χ1) is 11.8. The number of nitriles is 1. The molecule has 0 unspecified atom stereocenters. The zero-order valence-corrected chi connectivity index (χ0v) is 14.3. The van der Waals surface area contributed by atoms with E-state index in [-0.39, 0.29) is 18.7 Å². The molecule has 0 spiro atoms. The summed E-state index contributed by atoms with van der Waals surface area (Å²) < 4.78 is 38.6. The molecule has 2 rings (SSSR count). The van der Waals surface area contributed by atoms with Crippen LogP contribution in [0.1, 0.15) is 15.9 Å². The molecule has 0 saturated heterocycles. The number of halogens is 1. The molecule has 6 nitrogen and oxygen atoms in total. The van der Waals surface area contributed by atoms with Crippen LogP contribution in [0.5, 0.6) is 0 Å². The predicted molar refractivity (Wildman–Crippen MR) is 92.1 cm³/mol. The van der Waals surface area contributed by atoms with Gasteiger partial charge in [-0.3, -0.25) is 9.10 Å². The lowest BCUT2D eigenvalue weighted by molar-refractivity contribution is 0.0951. The lowest BCUT2D eigenvalue weighted by Gasteiger charge is -2.22. The first-order valence-corrected chi connectivity index (χ1v) is 9.18. The highest BCUT2D eigenvalue weighted by atomic mass is 32.2. The Morgan fingerprint density at radius 1 is 1.24 bits per heavy atom. The van der Waals surface area contributed by atoms with E-state index in [1.54, 1.807) is 18.2 Å². The molecule has 0 radical (unpaired) electrons. The molecule has 0 fully saturated rings. The fourth-order valence-corrected chi connectivity index (χ4v) is 3.15. The van der Waals surface area contributed by atoms with E-state index in [1.807, 2.05) is 6.07 Å². The second-order valence-electron chi connectivity index (χ2n) is 5.23. The Bertz CT molecular complexity index is 923. The highest BCUT2D eigenvalue weighted by molar-refractivity contribution is 7.92. The Hall–Kier alpha value is -2.92. The van der Waals surface area contributed by atoms with Crippen molar-refractivity contribution in [3.05, 3.63) is 65.5 Å². The Morgan fingerprint density at radius 2 is 1.96 bits per heavy atom. The topological polar surface area (TPSA) is 90.3 Å². The number of nitrogens with zero attached hydrogens (tertiary/aromatic N) is 2. The molecule has 2 aromatic rings. The quantitative estimate of drug-likeness (QED) is 0.851. The number of rotatable bonds is 6. The van der Waals surface area contributed by atoms with E-state index < -0.39 is 21.7 Å². The zero-order valence-electron chi connectivity index (χ0n) is 13.4. The number of nitrogens with one attached hydrogen (secondary N) is 1. The molecule has 1 N–H and O–H groups in total. The minimum atomic E-state index is -3.62. The van der Waals surface area contributed by atoms with Gasteiger partial charge in [-0.2, -0.15) is 5.26 Å². The standard InChI is InChI=1S/C17H16FN3O3S/c1-25(23,24)21(14-6-4-5-13(11-14)12-19)10-9-20-17(22)15-7-2-3-8-16(15)18/h2-8,11H,9-10H2,1H3,(H,20,22). The fourth-order valence-electron chi connectivity index (χ4n) is 2.23. The van der Waals surface area contributed by atoms with Crippen LogP contribution in [0.15, 0.2) is 48.5 Å². The van der Waals surface area contributed by atoms with Crippen molar-refractivity contribution in [2.75, 3.05) is 23.7 Å². The van der Waals surface area contributed by atoms with E-state index in [9.17, 15) is 17.6 Å². The number of sulfonamides is 1. The van der Waals surface area contributed by atoms with Crippen LogP contribution in [0.4, 0.5) is 10.1 Å². The maximum atomic E-state index is 13.6. The van der Waals surface area contributed by atoms with Gasteiger partial charge < -0.3 is 5.32 Å². The van der Waals surface area contributed by atoms with Gasteiger partial charge >= 0.3 is 0 Å². The van der Waals surface area contributed by atoms with E-state index in [4.69, 9.17) is 5.26 Å². The van der Waals surface area contributed by atoms with Crippen LogP contribution in [0.2, 0.25) is 0 Å². The summed E-state index contributed by atoms with van der Waals surface area (Å²) in [6, 6.07) is 13.6. The van der Waals surface area contributed by atoms with Crippen molar-refractivity contribution in [1.29, 1.82) is 5.26 Å². The number of hydrogen-bond donors (Lipinski definition) is 1. The number of carbonyl (C=O) groups is 1. The van der Waals surface area contributed by atoms with Crippen molar-refractivity contribution >= 4 is 21.6 Å². The zero-order chi connectivity index (χ0) is 18.4. The summed E-state index contributed by atoms with van der Waals surface area (Å²) in [7, 11) is -3.62. The minimum Gasteiger partial charge on any atom is -0.350 e. The Kier molecular flexibility index (Phi) is 5.72. The van der Waals surface area contributed by atoms with Gasteiger partial charge in [0.1, 0.15) is 5.82 Å². The van der Waals surface area contributed by atoms with Crippen LogP contribution in [0.3, 0.4) is 0 Å². The van der Waals surface area contributed by atoms with Crippen molar-refractivity contribution < 1.29 is 17.6 Å². The summed E-state index contributed by atoms with van der Waals surface area (Å²) in [6.07, 6.45) is 1.03. The molecular formula is C17H16FN3O3S. The van der Waals surface area contributed by atoms with E-state index in [2.05, 4.69) is 5.32 Å². The van der Waals surface area contributed by atoms with Crippen LogP contribution in [0, 0.1) is 17.1 Å². The van der Waals surface area contributed by atoms with Crippen molar-refractivity contribution in [3.63, 3.8) is 0 Å². The van der Waals surface area contributed by atoms with Gasteiger partial charge in [-0.15, -0.1) is 0 Å². The molecule has 25 heavy (non-hydrogen) atoms. The highest BCUT2D eigenvalue weighted by Crippen LogP contribution is 2.18. The second-order valence-corrected chi connectivity index (χ2v) is 7.14. The molecule has 2 aromatic carbocycles. The van der Waals surface area contributed by atoms with E-state index in [0.29, 0.717) is 11.3 Å². The van der Waals surface area contributed by atoms with Crippen molar-refractivity contribution in [2.24, 2.45) is 0 Å². The number of anilines is 1. The molecule has 0 aliphatic carbocycles. The maximum absolute atomic E-state index is 13.6. The summed E-state index contributed by atoms with van der Waals surface area (Å²) in [5, 5.41) is 11.4. The first kappa shape index (κ1) is 18.4. The molecule has 0 aromatic heterocycles. The number of carbonyl (C=O) groups excluding carboxylic acids is 1. The van der Waals surface area contributed by atoms with Crippen LogP contribution in [-0.2, 0) is 10.0 Å². The van der Waals surface area contributed by atoms with Crippen molar-refractivity contribution in [1.82, 2.24) is 5.32 Å². The Balaban J connectivity index is 2.10. The van der Waals surface area contributed by atoms with Crippen LogP contribution >= 0.6 is 0 Å². The average Bonchev–Trinajstić information content (AvgIpc) is 2.58. The molecule has 0 aliphatic heterocycles. The van der Waals surface area contributed by atoms with Crippen LogP contribution in [-0.4, -0.2) is 33.7 Å². The van der Waals surface area contributed by atoms with Gasteiger partial charge in [-0.25, -0.2) is 12.8 Å². The van der Waals surface area contributed by atoms with Crippen LogP contribution in [0.25, 0.3) is 0 Å². The maximum Gasteiger partial charge on any atom is 0.254 e. The van der Waals surface area contributed by atoms with Gasteiger partial charge in [0.2, 0.25) is 10.0 Å². The van der Waals surface area contributed by atoms with Gasteiger partial charge in [0.15, 0.2) is 0 Å². The summed E-state index contributed by atoms with van der Waals surface area (Å²) in [5.74, 6) is -1.28.